The lowest BCUT2D eigenvalue weighted by Crippen LogP contribution is -2.48. The number of hydrogen-bond donors (Lipinski definition) is 1. The van der Waals surface area contributed by atoms with E-state index in [0.29, 0.717) is 34.5 Å². The smallest absolute Gasteiger partial charge is 0.254 e. The molecule has 1 aliphatic carbocycles. The number of hydrogen-bond acceptors (Lipinski definition) is 6. The van der Waals surface area contributed by atoms with Crippen LogP contribution in [0.15, 0.2) is 29.6 Å². The maximum Gasteiger partial charge on any atom is 0.254 e. The van der Waals surface area contributed by atoms with E-state index in [1.54, 1.807) is 39.4 Å². The molecule has 10 heteroatoms. The molecule has 176 valence electrons. The van der Waals surface area contributed by atoms with Gasteiger partial charge in [-0.2, -0.15) is 0 Å². The van der Waals surface area contributed by atoms with E-state index in [0.717, 1.165) is 12.8 Å². The second kappa shape index (κ2) is 10.2. The van der Waals surface area contributed by atoms with Crippen LogP contribution >= 0.6 is 22.9 Å². The molecule has 3 amide bonds. The molecule has 0 spiro atoms. The fraction of sp³-hybridized carbons (Fsp3) is 0.478. The minimum absolute atomic E-state index is 0.00588. The highest BCUT2D eigenvalue weighted by Gasteiger charge is 2.34. The summed E-state index contributed by atoms with van der Waals surface area (Å²) in [5.74, 6) is -0.510. The van der Waals surface area contributed by atoms with Crippen molar-refractivity contribution in [3.05, 3.63) is 45.9 Å². The van der Waals surface area contributed by atoms with Gasteiger partial charge in [-0.05, 0) is 51.0 Å². The number of nitrogens with zero attached hydrogens (tertiary/aromatic N) is 3. The van der Waals surface area contributed by atoms with Gasteiger partial charge in [0.05, 0.1) is 24.3 Å². The van der Waals surface area contributed by atoms with Gasteiger partial charge in [0.15, 0.2) is 5.13 Å². The van der Waals surface area contributed by atoms with Gasteiger partial charge in [0.25, 0.3) is 5.91 Å². The van der Waals surface area contributed by atoms with E-state index >= 15 is 0 Å². The number of amides is 3. The molecule has 4 rings (SSSR count). The molecule has 1 saturated carbocycles. The molecule has 8 nitrogen and oxygen atoms in total. The normalized spacial score (nSPS) is 20.4. The van der Waals surface area contributed by atoms with Crippen molar-refractivity contribution in [2.75, 3.05) is 25.0 Å². The molecular weight excluding hydrogens is 464 g/mol. The number of ether oxygens (including phenoxy) is 1. The van der Waals surface area contributed by atoms with Crippen LogP contribution in [0.2, 0.25) is 5.02 Å². The number of morpholine rings is 1. The first kappa shape index (κ1) is 23.7. The summed E-state index contributed by atoms with van der Waals surface area (Å²) in [5.41, 5.74) is 1.12. The third-order valence-corrected chi connectivity index (χ3v) is 6.61. The number of halogens is 1. The van der Waals surface area contributed by atoms with Gasteiger partial charge < -0.3 is 19.9 Å². The summed E-state index contributed by atoms with van der Waals surface area (Å²) in [5, 5.41) is 5.51. The number of anilines is 1. The van der Waals surface area contributed by atoms with Crippen molar-refractivity contribution in [3.63, 3.8) is 0 Å². The standard InChI is InChI=1S/C23H27ClN4O4S/c1-14-10-27(11-15(2)32-14)21(30)9-18-13-33-23(25-18)26-20(29)12-28(19-7-8-19)22(31)16-3-5-17(24)6-4-16/h3-6,13-15,19H,7-12H2,1-2H3,(H,25,26,29). The van der Waals surface area contributed by atoms with Crippen LogP contribution in [-0.2, 0) is 20.7 Å². The van der Waals surface area contributed by atoms with Gasteiger partial charge in [0, 0.05) is 35.1 Å². The molecule has 2 fully saturated rings. The molecule has 1 aromatic carbocycles. The van der Waals surface area contributed by atoms with Crippen molar-refractivity contribution in [1.29, 1.82) is 0 Å². The van der Waals surface area contributed by atoms with Gasteiger partial charge in [0.1, 0.15) is 6.54 Å². The number of benzene rings is 1. The lowest BCUT2D eigenvalue weighted by molar-refractivity contribution is -0.142. The Bertz CT molecular complexity index is 1010. The van der Waals surface area contributed by atoms with Crippen LogP contribution in [-0.4, -0.2) is 70.4 Å². The van der Waals surface area contributed by atoms with Crippen LogP contribution < -0.4 is 5.32 Å². The SMILES string of the molecule is CC1CN(C(=O)Cc2csc(NC(=O)CN(C(=O)c3ccc(Cl)cc3)C3CC3)n2)CC(C)O1. The van der Waals surface area contributed by atoms with E-state index in [1.807, 2.05) is 13.8 Å². The van der Waals surface area contributed by atoms with E-state index in [1.165, 1.54) is 11.3 Å². The van der Waals surface area contributed by atoms with Crippen molar-refractivity contribution >= 4 is 45.8 Å². The Morgan fingerprint density at radius 2 is 1.85 bits per heavy atom. The second-order valence-corrected chi connectivity index (χ2v) is 9.89. The Morgan fingerprint density at radius 3 is 2.48 bits per heavy atom. The van der Waals surface area contributed by atoms with Crippen LogP contribution in [0.25, 0.3) is 0 Å². The topological polar surface area (TPSA) is 91.8 Å². The molecule has 33 heavy (non-hydrogen) atoms. The molecular formula is C23H27ClN4O4S. The van der Waals surface area contributed by atoms with Gasteiger partial charge in [-0.1, -0.05) is 11.6 Å². The minimum atomic E-state index is -0.313. The monoisotopic (exact) mass is 490 g/mol. The van der Waals surface area contributed by atoms with Crippen molar-refractivity contribution in [2.45, 2.75) is 51.4 Å². The van der Waals surface area contributed by atoms with Gasteiger partial charge in [0.2, 0.25) is 11.8 Å². The first-order valence-corrected chi connectivity index (χ1v) is 12.3. The highest BCUT2D eigenvalue weighted by Crippen LogP contribution is 2.28. The third-order valence-electron chi connectivity index (χ3n) is 5.56. The summed E-state index contributed by atoms with van der Waals surface area (Å²) in [6.45, 7) is 4.98. The number of carbonyl (C=O) groups is 3. The molecule has 1 aliphatic heterocycles. The summed E-state index contributed by atoms with van der Waals surface area (Å²) in [4.78, 5) is 46.0. The van der Waals surface area contributed by atoms with Crippen LogP contribution in [0.3, 0.4) is 0 Å². The Hall–Kier alpha value is -2.49. The maximum absolute atomic E-state index is 12.9. The van der Waals surface area contributed by atoms with E-state index < -0.39 is 0 Å². The maximum atomic E-state index is 12.9. The van der Waals surface area contributed by atoms with Gasteiger partial charge in [-0.15, -0.1) is 11.3 Å². The van der Waals surface area contributed by atoms with Crippen molar-refractivity contribution in [3.8, 4) is 0 Å². The molecule has 1 N–H and O–H groups in total. The van der Waals surface area contributed by atoms with Crippen molar-refractivity contribution in [1.82, 2.24) is 14.8 Å². The van der Waals surface area contributed by atoms with Crippen LogP contribution in [0.4, 0.5) is 5.13 Å². The van der Waals surface area contributed by atoms with E-state index in [9.17, 15) is 14.4 Å². The average Bonchev–Trinajstić information content (AvgIpc) is 3.52. The van der Waals surface area contributed by atoms with Crippen molar-refractivity contribution in [2.24, 2.45) is 0 Å². The molecule has 2 atom stereocenters. The first-order chi connectivity index (χ1) is 15.8. The quantitative estimate of drug-likeness (QED) is 0.643. The van der Waals surface area contributed by atoms with E-state index in [-0.39, 0.29) is 48.9 Å². The van der Waals surface area contributed by atoms with E-state index in [2.05, 4.69) is 10.3 Å². The largest absolute Gasteiger partial charge is 0.372 e. The summed E-state index contributed by atoms with van der Waals surface area (Å²) >= 11 is 7.18. The minimum Gasteiger partial charge on any atom is -0.372 e. The summed E-state index contributed by atoms with van der Waals surface area (Å²) in [7, 11) is 0. The molecule has 0 bridgehead atoms. The van der Waals surface area contributed by atoms with Crippen LogP contribution in [0.1, 0.15) is 42.7 Å². The van der Waals surface area contributed by atoms with Crippen LogP contribution in [0, 0.1) is 0 Å². The number of thiazole rings is 1. The second-order valence-electron chi connectivity index (χ2n) is 8.60. The molecule has 2 unspecified atom stereocenters. The summed E-state index contributed by atoms with van der Waals surface area (Å²) in [6, 6.07) is 6.73. The zero-order valence-electron chi connectivity index (χ0n) is 18.6. The van der Waals surface area contributed by atoms with Crippen LogP contribution in [0.5, 0.6) is 0 Å². The molecule has 0 radical (unpaired) electrons. The fourth-order valence-corrected chi connectivity index (χ4v) is 4.77. The van der Waals surface area contributed by atoms with Gasteiger partial charge >= 0.3 is 0 Å². The highest BCUT2D eigenvalue weighted by molar-refractivity contribution is 7.13. The Balaban J connectivity index is 1.32. The summed E-state index contributed by atoms with van der Waals surface area (Å²) < 4.78 is 5.68. The zero-order valence-corrected chi connectivity index (χ0v) is 20.2. The fourth-order valence-electron chi connectivity index (χ4n) is 3.92. The Labute approximate surface area is 201 Å². The average molecular weight is 491 g/mol. The number of aromatic nitrogens is 1. The predicted molar refractivity (Wildman–Crippen MR) is 127 cm³/mol. The first-order valence-electron chi connectivity index (χ1n) is 11.0. The molecule has 2 aliphatic rings. The molecule has 1 aromatic heterocycles. The Morgan fingerprint density at radius 1 is 1.18 bits per heavy atom. The van der Waals surface area contributed by atoms with Crippen molar-refractivity contribution < 1.29 is 19.1 Å². The number of nitrogens with one attached hydrogen (secondary N) is 1. The number of rotatable bonds is 7. The molecule has 1 saturated heterocycles. The molecule has 2 aromatic rings. The molecule has 2 heterocycles. The lowest BCUT2D eigenvalue weighted by atomic mass is 10.2. The zero-order chi connectivity index (χ0) is 23.5. The third kappa shape index (κ3) is 6.31. The van der Waals surface area contributed by atoms with E-state index in [4.69, 9.17) is 16.3 Å². The summed E-state index contributed by atoms with van der Waals surface area (Å²) in [6.07, 6.45) is 1.96. The van der Waals surface area contributed by atoms with Gasteiger partial charge in [-0.3, -0.25) is 14.4 Å². The Kier molecular flexibility index (Phi) is 7.31. The van der Waals surface area contributed by atoms with Gasteiger partial charge in [-0.25, -0.2) is 4.98 Å². The lowest BCUT2D eigenvalue weighted by Gasteiger charge is -2.35. The predicted octanol–water partition coefficient (Wildman–Crippen LogP) is 3.22. The highest BCUT2D eigenvalue weighted by atomic mass is 35.5. The number of carbonyl (C=O) groups excluding carboxylic acids is 3.